The summed E-state index contributed by atoms with van der Waals surface area (Å²) >= 11 is 0. The van der Waals surface area contributed by atoms with E-state index in [-0.39, 0.29) is 12.4 Å². The molecule has 7 nitrogen and oxygen atoms in total. The maximum Gasteiger partial charge on any atom is 0.323 e. The summed E-state index contributed by atoms with van der Waals surface area (Å²) in [5, 5.41) is 19.3. The number of hydrogen-bond acceptors (Lipinski definition) is 5. The largest absolute Gasteiger partial charge is 0.493 e. The lowest BCUT2D eigenvalue weighted by Gasteiger charge is -2.18. The first kappa shape index (κ1) is 15.1. The first-order chi connectivity index (χ1) is 9.77. The second kappa shape index (κ2) is 5.25. The number of aliphatic hydroxyl groups is 1. The molecule has 0 radical (unpaired) electrons. The van der Waals surface area contributed by atoms with E-state index in [0.717, 1.165) is 0 Å². The minimum atomic E-state index is -1.27. The van der Waals surface area contributed by atoms with Crippen LogP contribution in [-0.2, 0) is 16.9 Å². The van der Waals surface area contributed by atoms with Gasteiger partial charge >= 0.3 is 5.97 Å². The Labute approximate surface area is 121 Å². The van der Waals surface area contributed by atoms with E-state index in [1.54, 1.807) is 26.0 Å². The third-order valence-corrected chi connectivity index (χ3v) is 3.09. The maximum absolute atomic E-state index is 11.1. The molecule has 0 saturated carbocycles. The Kier molecular flexibility index (Phi) is 3.78. The van der Waals surface area contributed by atoms with Gasteiger partial charge in [0.15, 0.2) is 11.5 Å². The molecule has 1 aromatic carbocycles. The summed E-state index contributed by atoms with van der Waals surface area (Å²) in [6, 6.07) is 3.31. The monoisotopic (exact) mass is 294 g/mol. The standard InChI is InChI=1S/C14H18N2O5/c1-14(2,19)13-15-8-5-10(20-3)11(21-4)6-9(8)16(13)7-12(17)18/h5-6,19H,7H2,1-4H3,(H,17,18). The molecule has 0 aliphatic carbocycles. The van der Waals surface area contributed by atoms with Gasteiger partial charge in [-0.3, -0.25) is 4.79 Å². The number of benzene rings is 1. The second-order valence-corrected chi connectivity index (χ2v) is 5.17. The maximum atomic E-state index is 11.1. The molecule has 1 heterocycles. The van der Waals surface area contributed by atoms with E-state index in [4.69, 9.17) is 14.6 Å². The zero-order chi connectivity index (χ0) is 15.8. The predicted molar refractivity (Wildman–Crippen MR) is 75.7 cm³/mol. The summed E-state index contributed by atoms with van der Waals surface area (Å²) < 4.78 is 11.9. The number of carboxylic acids is 1. The van der Waals surface area contributed by atoms with Crippen molar-refractivity contribution in [1.29, 1.82) is 0 Å². The van der Waals surface area contributed by atoms with Crippen LogP contribution in [0.2, 0.25) is 0 Å². The fourth-order valence-electron chi connectivity index (χ4n) is 2.21. The van der Waals surface area contributed by atoms with Gasteiger partial charge in [-0.1, -0.05) is 0 Å². The zero-order valence-corrected chi connectivity index (χ0v) is 12.4. The van der Waals surface area contributed by atoms with Gasteiger partial charge < -0.3 is 24.3 Å². The smallest absolute Gasteiger partial charge is 0.323 e. The number of rotatable bonds is 5. The van der Waals surface area contributed by atoms with Crippen molar-refractivity contribution in [2.24, 2.45) is 0 Å². The van der Waals surface area contributed by atoms with Gasteiger partial charge in [-0.2, -0.15) is 0 Å². The van der Waals surface area contributed by atoms with Gasteiger partial charge in [0.05, 0.1) is 25.3 Å². The van der Waals surface area contributed by atoms with Crippen LogP contribution in [-0.4, -0.2) is 40.0 Å². The Morgan fingerprint density at radius 1 is 1.29 bits per heavy atom. The van der Waals surface area contributed by atoms with Crippen LogP contribution >= 0.6 is 0 Å². The van der Waals surface area contributed by atoms with Crippen LogP contribution in [0.3, 0.4) is 0 Å². The van der Waals surface area contributed by atoms with Crippen molar-refractivity contribution in [3.05, 3.63) is 18.0 Å². The Morgan fingerprint density at radius 2 is 1.86 bits per heavy atom. The summed E-state index contributed by atoms with van der Waals surface area (Å²) in [5.41, 5.74) is -0.173. The third kappa shape index (κ3) is 2.78. The lowest BCUT2D eigenvalue weighted by Crippen LogP contribution is -2.24. The van der Waals surface area contributed by atoms with E-state index in [1.165, 1.54) is 18.8 Å². The highest BCUT2D eigenvalue weighted by atomic mass is 16.5. The molecular weight excluding hydrogens is 276 g/mol. The number of ether oxygens (including phenoxy) is 2. The second-order valence-electron chi connectivity index (χ2n) is 5.17. The predicted octanol–water partition coefficient (Wildman–Crippen LogP) is 1.37. The molecule has 7 heteroatoms. The fraction of sp³-hybridized carbons (Fsp3) is 0.429. The molecule has 0 atom stereocenters. The van der Waals surface area contributed by atoms with E-state index < -0.39 is 11.6 Å². The first-order valence-corrected chi connectivity index (χ1v) is 6.34. The molecule has 0 aliphatic rings. The quantitative estimate of drug-likeness (QED) is 0.865. The van der Waals surface area contributed by atoms with Crippen LogP contribution in [0.15, 0.2) is 12.1 Å². The molecule has 0 fully saturated rings. The topological polar surface area (TPSA) is 93.8 Å². The lowest BCUT2D eigenvalue weighted by atomic mass is 10.1. The third-order valence-electron chi connectivity index (χ3n) is 3.09. The molecule has 21 heavy (non-hydrogen) atoms. The SMILES string of the molecule is COc1cc2nc(C(C)(C)O)n(CC(=O)O)c2cc1OC. The number of fused-ring (bicyclic) bond motifs is 1. The van der Waals surface area contributed by atoms with Crippen molar-refractivity contribution in [2.75, 3.05) is 14.2 Å². The summed E-state index contributed by atoms with van der Waals surface area (Å²) in [7, 11) is 3.01. The van der Waals surface area contributed by atoms with Gasteiger partial charge in [0.25, 0.3) is 0 Å². The lowest BCUT2D eigenvalue weighted by molar-refractivity contribution is -0.137. The van der Waals surface area contributed by atoms with E-state index in [0.29, 0.717) is 22.5 Å². The molecule has 0 spiro atoms. The van der Waals surface area contributed by atoms with E-state index in [2.05, 4.69) is 4.98 Å². The van der Waals surface area contributed by atoms with Gasteiger partial charge in [0.2, 0.25) is 0 Å². The normalized spacial score (nSPS) is 11.7. The molecule has 2 N–H and O–H groups in total. The molecule has 0 unspecified atom stereocenters. The molecule has 1 aromatic heterocycles. The number of carbonyl (C=O) groups is 1. The van der Waals surface area contributed by atoms with E-state index >= 15 is 0 Å². The Hall–Kier alpha value is -2.28. The van der Waals surface area contributed by atoms with Crippen LogP contribution in [0, 0.1) is 0 Å². The number of nitrogens with zero attached hydrogens (tertiary/aromatic N) is 2. The molecule has 0 amide bonds. The molecular formula is C14H18N2O5. The van der Waals surface area contributed by atoms with Crippen LogP contribution in [0.4, 0.5) is 0 Å². The van der Waals surface area contributed by atoms with Crippen molar-refractivity contribution in [3.8, 4) is 11.5 Å². The van der Waals surface area contributed by atoms with Crippen LogP contribution < -0.4 is 9.47 Å². The van der Waals surface area contributed by atoms with E-state index in [9.17, 15) is 9.90 Å². The van der Waals surface area contributed by atoms with Crippen molar-refractivity contribution in [2.45, 2.75) is 26.0 Å². The van der Waals surface area contributed by atoms with Crippen molar-refractivity contribution in [1.82, 2.24) is 9.55 Å². The first-order valence-electron chi connectivity index (χ1n) is 6.34. The number of aliphatic carboxylic acids is 1. The van der Waals surface area contributed by atoms with E-state index in [1.807, 2.05) is 0 Å². The van der Waals surface area contributed by atoms with Crippen molar-refractivity contribution >= 4 is 17.0 Å². The number of hydrogen-bond donors (Lipinski definition) is 2. The van der Waals surface area contributed by atoms with Gasteiger partial charge in [-0.15, -0.1) is 0 Å². The van der Waals surface area contributed by atoms with Gasteiger partial charge in [-0.05, 0) is 13.8 Å². The summed E-state index contributed by atoms with van der Waals surface area (Å²) in [4.78, 5) is 15.4. The van der Waals surface area contributed by atoms with Crippen LogP contribution in [0.25, 0.3) is 11.0 Å². The Bertz CT molecular complexity index is 685. The highest BCUT2D eigenvalue weighted by Gasteiger charge is 2.26. The summed E-state index contributed by atoms with van der Waals surface area (Å²) in [6.07, 6.45) is 0. The minimum absolute atomic E-state index is 0.273. The molecule has 114 valence electrons. The van der Waals surface area contributed by atoms with Crippen molar-refractivity contribution in [3.63, 3.8) is 0 Å². The minimum Gasteiger partial charge on any atom is -0.493 e. The summed E-state index contributed by atoms with van der Waals surface area (Å²) in [6.45, 7) is 2.81. The number of methoxy groups -OCH3 is 2. The average Bonchev–Trinajstić information content (AvgIpc) is 2.74. The van der Waals surface area contributed by atoms with Gasteiger partial charge in [0, 0.05) is 12.1 Å². The fourth-order valence-corrected chi connectivity index (χ4v) is 2.21. The Balaban J connectivity index is 2.77. The highest BCUT2D eigenvalue weighted by Crippen LogP contribution is 2.34. The van der Waals surface area contributed by atoms with Crippen LogP contribution in [0.1, 0.15) is 19.7 Å². The van der Waals surface area contributed by atoms with Crippen molar-refractivity contribution < 1.29 is 24.5 Å². The average molecular weight is 294 g/mol. The Morgan fingerprint density at radius 3 is 2.33 bits per heavy atom. The molecule has 2 rings (SSSR count). The highest BCUT2D eigenvalue weighted by molar-refractivity contribution is 5.82. The van der Waals surface area contributed by atoms with Crippen LogP contribution in [0.5, 0.6) is 11.5 Å². The summed E-state index contributed by atoms with van der Waals surface area (Å²) in [5.74, 6) is 0.218. The van der Waals surface area contributed by atoms with Gasteiger partial charge in [-0.25, -0.2) is 4.98 Å². The number of carboxylic acid groups (broad SMARTS) is 1. The molecule has 2 aromatic rings. The number of aromatic nitrogens is 2. The molecule has 0 saturated heterocycles. The number of imidazole rings is 1. The molecule has 0 bridgehead atoms. The zero-order valence-electron chi connectivity index (χ0n) is 12.4. The molecule has 0 aliphatic heterocycles. The van der Waals surface area contributed by atoms with Gasteiger partial charge in [0.1, 0.15) is 18.0 Å².